The first kappa shape index (κ1) is 22.9. The highest BCUT2D eigenvalue weighted by atomic mass is 16.5. The maximum Gasteiger partial charge on any atom is 0.0717 e. The predicted molar refractivity (Wildman–Crippen MR) is 123 cm³/mol. The lowest BCUT2D eigenvalue weighted by molar-refractivity contribution is -0.0357. The largest absolute Gasteiger partial charge is 0.376 e. The van der Waals surface area contributed by atoms with Crippen molar-refractivity contribution in [2.45, 2.75) is 39.4 Å². The maximum absolute atomic E-state index is 6.15. The zero-order valence-corrected chi connectivity index (χ0v) is 17.6. The van der Waals surface area contributed by atoms with Gasteiger partial charge in [0.05, 0.1) is 26.4 Å². The van der Waals surface area contributed by atoms with E-state index in [2.05, 4.69) is 49.1 Å². The molecular formula is C27H34O2. The van der Waals surface area contributed by atoms with Crippen LogP contribution >= 0.6 is 0 Å². The number of benzene rings is 2. The van der Waals surface area contributed by atoms with Crippen molar-refractivity contribution in [1.82, 2.24) is 0 Å². The molecule has 0 aliphatic rings. The zero-order valence-electron chi connectivity index (χ0n) is 17.6. The van der Waals surface area contributed by atoms with Crippen molar-refractivity contribution in [2.24, 2.45) is 5.41 Å². The number of hydrogen-bond donors (Lipinski definition) is 0. The van der Waals surface area contributed by atoms with Crippen LogP contribution in [0.2, 0.25) is 0 Å². The summed E-state index contributed by atoms with van der Waals surface area (Å²) in [5.74, 6) is 0. The first-order valence-corrected chi connectivity index (χ1v) is 10.4. The van der Waals surface area contributed by atoms with E-state index in [-0.39, 0.29) is 5.41 Å². The van der Waals surface area contributed by atoms with Crippen molar-refractivity contribution in [3.05, 3.63) is 109 Å². The van der Waals surface area contributed by atoms with Gasteiger partial charge < -0.3 is 9.47 Å². The molecule has 2 nitrogen and oxygen atoms in total. The van der Waals surface area contributed by atoms with Gasteiger partial charge in [0.25, 0.3) is 0 Å². The minimum atomic E-state index is -0.0778. The molecule has 0 saturated carbocycles. The van der Waals surface area contributed by atoms with E-state index in [0.29, 0.717) is 26.4 Å². The molecular weight excluding hydrogens is 356 g/mol. The molecule has 0 amide bonds. The Bertz CT molecular complexity index is 686. The van der Waals surface area contributed by atoms with Crippen LogP contribution in [0.1, 0.15) is 37.3 Å². The van der Waals surface area contributed by atoms with Gasteiger partial charge in [0, 0.05) is 5.41 Å². The summed E-state index contributed by atoms with van der Waals surface area (Å²) in [5.41, 5.74) is 2.31. The summed E-state index contributed by atoms with van der Waals surface area (Å²) in [5, 5.41) is 0. The lowest BCUT2D eigenvalue weighted by Crippen LogP contribution is -2.32. The molecule has 0 atom stereocenters. The Morgan fingerprint density at radius 3 is 1.86 bits per heavy atom. The molecule has 154 valence electrons. The van der Waals surface area contributed by atoms with Crippen molar-refractivity contribution in [3.8, 4) is 0 Å². The third kappa shape index (κ3) is 9.08. The molecule has 2 heteroatoms. The Labute approximate surface area is 176 Å². The second kappa shape index (κ2) is 13.7. The maximum atomic E-state index is 6.15. The summed E-state index contributed by atoms with van der Waals surface area (Å²) < 4.78 is 12.3. The molecule has 29 heavy (non-hydrogen) atoms. The lowest BCUT2D eigenvalue weighted by atomic mass is 9.81. The molecule has 0 unspecified atom stereocenters. The van der Waals surface area contributed by atoms with Gasteiger partial charge in [0.1, 0.15) is 0 Å². The van der Waals surface area contributed by atoms with E-state index in [1.54, 1.807) is 0 Å². The molecule has 0 spiro atoms. The van der Waals surface area contributed by atoms with Crippen LogP contribution < -0.4 is 0 Å². The number of ether oxygens (including phenoxy) is 2. The quantitative estimate of drug-likeness (QED) is 0.258. The number of rotatable bonds is 14. The predicted octanol–water partition coefficient (Wildman–Crippen LogP) is 6.90. The lowest BCUT2D eigenvalue weighted by Gasteiger charge is -2.32. The normalized spacial score (nSPS) is 12.0. The molecule has 0 aliphatic carbocycles. The van der Waals surface area contributed by atoms with Crippen LogP contribution in [0.3, 0.4) is 0 Å². The fraction of sp³-hybridized carbons (Fsp3) is 0.333. The molecule has 0 radical (unpaired) electrons. The first-order valence-electron chi connectivity index (χ1n) is 10.4. The fourth-order valence-corrected chi connectivity index (χ4v) is 3.31. The van der Waals surface area contributed by atoms with E-state index in [1.807, 2.05) is 55.5 Å². The monoisotopic (exact) mass is 390 g/mol. The summed E-state index contributed by atoms with van der Waals surface area (Å²) in [7, 11) is 0. The van der Waals surface area contributed by atoms with Crippen LogP contribution in [-0.4, -0.2) is 13.2 Å². The molecule has 0 N–H and O–H groups in total. The van der Waals surface area contributed by atoms with Crippen molar-refractivity contribution >= 4 is 0 Å². The molecule has 2 rings (SSSR count). The highest BCUT2D eigenvalue weighted by Gasteiger charge is 2.29. The minimum absolute atomic E-state index is 0.0778. The Hall–Kier alpha value is -2.42. The van der Waals surface area contributed by atoms with Gasteiger partial charge in [-0.1, -0.05) is 91.0 Å². The highest BCUT2D eigenvalue weighted by Crippen LogP contribution is 2.31. The Kier molecular flexibility index (Phi) is 10.8. The summed E-state index contributed by atoms with van der Waals surface area (Å²) >= 11 is 0. The SMILES string of the molecule is C=CCC(CC/C=C/C=C/C)(COCc1ccccc1)COCc1ccccc1. The first-order chi connectivity index (χ1) is 14.3. The average molecular weight is 391 g/mol. The van der Waals surface area contributed by atoms with Gasteiger partial charge in [0.15, 0.2) is 0 Å². The standard InChI is InChI=1S/C27H34O2/c1-3-5-6-7-14-20-27(19-4-2,23-28-21-25-15-10-8-11-16-25)24-29-22-26-17-12-9-13-18-26/h3-13,15-18H,2,14,19-24H2,1H3/b5-3+,7-6+. The molecule has 0 fully saturated rings. The fourth-order valence-electron chi connectivity index (χ4n) is 3.31. The Morgan fingerprint density at radius 2 is 1.38 bits per heavy atom. The molecule has 0 saturated heterocycles. The highest BCUT2D eigenvalue weighted by molar-refractivity contribution is 5.14. The van der Waals surface area contributed by atoms with Crippen LogP contribution in [0.25, 0.3) is 0 Å². The molecule has 0 heterocycles. The summed E-state index contributed by atoms with van der Waals surface area (Å²) in [6, 6.07) is 20.6. The van der Waals surface area contributed by atoms with Crippen molar-refractivity contribution in [3.63, 3.8) is 0 Å². The number of allylic oxidation sites excluding steroid dienone is 5. The Balaban J connectivity index is 1.98. The van der Waals surface area contributed by atoms with Gasteiger partial charge in [-0.15, -0.1) is 6.58 Å². The third-order valence-electron chi connectivity index (χ3n) is 4.90. The summed E-state index contributed by atoms with van der Waals surface area (Å²) in [6.45, 7) is 8.57. The van der Waals surface area contributed by atoms with Gasteiger partial charge in [-0.25, -0.2) is 0 Å². The minimum Gasteiger partial charge on any atom is -0.376 e. The van der Waals surface area contributed by atoms with Crippen molar-refractivity contribution in [2.75, 3.05) is 13.2 Å². The van der Waals surface area contributed by atoms with Crippen LogP contribution in [0, 0.1) is 5.41 Å². The second-order valence-electron chi connectivity index (χ2n) is 7.44. The topological polar surface area (TPSA) is 18.5 Å². The van der Waals surface area contributed by atoms with Gasteiger partial charge in [-0.05, 0) is 37.3 Å². The van der Waals surface area contributed by atoms with Crippen molar-refractivity contribution in [1.29, 1.82) is 0 Å². The van der Waals surface area contributed by atoms with E-state index >= 15 is 0 Å². The molecule has 0 bridgehead atoms. The van der Waals surface area contributed by atoms with Crippen molar-refractivity contribution < 1.29 is 9.47 Å². The summed E-state index contributed by atoms with van der Waals surface area (Å²) in [4.78, 5) is 0. The smallest absolute Gasteiger partial charge is 0.0717 e. The van der Waals surface area contributed by atoms with E-state index in [0.717, 1.165) is 19.3 Å². The Morgan fingerprint density at radius 1 is 0.828 bits per heavy atom. The summed E-state index contributed by atoms with van der Waals surface area (Å²) in [6.07, 6.45) is 13.3. The van der Waals surface area contributed by atoms with Crippen LogP contribution in [-0.2, 0) is 22.7 Å². The van der Waals surface area contributed by atoms with Crippen LogP contribution in [0.4, 0.5) is 0 Å². The van der Waals surface area contributed by atoms with Gasteiger partial charge in [-0.3, -0.25) is 0 Å². The van der Waals surface area contributed by atoms with Gasteiger partial charge in [-0.2, -0.15) is 0 Å². The van der Waals surface area contributed by atoms with Gasteiger partial charge in [0.2, 0.25) is 0 Å². The van der Waals surface area contributed by atoms with Crippen LogP contribution in [0.5, 0.6) is 0 Å². The van der Waals surface area contributed by atoms with Gasteiger partial charge >= 0.3 is 0 Å². The molecule has 0 aromatic heterocycles. The third-order valence-corrected chi connectivity index (χ3v) is 4.90. The zero-order chi connectivity index (χ0) is 20.6. The second-order valence-corrected chi connectivity index (χ2v) is 7.44. The van der Waals surface area contributed by atoms with E-state index < -0.39 is 0 Å². The van der Waals surface area contributed by atoms with E-state index in [4.69, 9.17) is 9.47 Å². The van der Waals surface area contributed by atoms with E-state index in [1.165, 1.54) is 11.1 Å². The molecule has 2 aromatic carbocycles. The average Bonchev–Trinajstić information content (AvgIpc) is 2.75. The molecule has 2 aromatic rings. The molecule has 0 aliphatic heterocycles. The number of hydrogen-bond acceptors (Lipinski definition) is 2. The van der Waals surface area contributed by atoms with Crippen LogP contribution in [0.15, 0.2) is 97.6 Å². The van der Waals surface area contributed by atoms with E-state index in [9.17, 15) is 0 Å².